The van der Waals surface area contributed by atoms with Crippen molar-refractivity contribution in [3.63, 3.8) is 0 Å². The molecule has 1 unspecified atom stereocenters. The minimum Gasteiger partial charge on any atom is -0.462 e. The van der Waals surface area contributed by atoms with Crippen LogP contribution >= 0.6 is 0 Å². The molecule has 82 heavy (non-hydrogen) atoms. The van der Waals surface area contributed by atoms with E-state index in [1.165, 1.54) is 122 Å². The normalized spacial score (nSPS) is 13.0. The number of ether oxygens (including phenoxy) is 3. The molecule has 0 N–H and O–H groups in total. The van der Waals surface area contributed by atoms with Crippen molar-refractivity contribution in [2.75, 3.05) is 13.2 Å². The van der Waals surface area contributed by atoms with Gasteiger partial charge in [-0.1, -0.05) is 309 Å². The van der Waals surface area contributed by atoms with Crippen LogP contribution in [0.5, 0.6) is 0 Å². The highest BCUT2D eigenvalue weighted by atomic mass is 16.6. The van der Waals surface area contributed by atoms with Crippen LogP contribution in [0.2, 0.25) is 0 Å². The van der Waals surface area contributed by atoms with E-state index in [4.69, 9.17) is 14.2 Å². The number of unbranched alkanes of at least 4 members (excludes halogenated alkanes) is 28. The van der Waals surface area contributed by atoms with Crippen molar-refractivity contribution < 1.29 is 28.6 Å². The average molecular weight is 1140 g/mol. The SMILES string of the molecule is CC/C=C\C/C=C\C/C=C\C/C=C\C/C=C\C/C=C\CCCCCCCCCCCCCCCCC(=O)OCC(COC(=O)CCCCCCCCCCCC)OC(=O)CCCCCCC/C=C\C/C=C\C/C=C\C/C=C\C/C=C\CC. The molecular weight excluding hydrogens is 1010 g/mol. The van der Waals surface area contributed by atoms with Crippen molar-refractivity contribution in [3.8, 4) is 0 Å². The molecule has 0 radical (unpaired) electrons. The molecule has 0 rings (SSSR count). The molecule has 0 aromatic rings. The van der Waals surface area contributed by atoms with Gasteiger partial charge >= 0.3 is 17.9 Å². The second-order valence-electron chi connectivity index (χ2n) is 22.3. The lowest BCUT2D eigenvalue weighted by atomic mass is 10.0. The molecule has 0 saturated carbocycles. The molecule has 6 heteroatoms. The maximum absolute atomic E-state index is 12.9. The summed E-state index contributed by atoms with van der Waals surface area (Å²) in [5.41, 5.74) is 0. The lowest BCUT2D eigenvalue weighted by Crippen LogP contribution is -2.30. The van der Waals surface area contributed by atoms with Crippen molar-refractivity contribution in [2.45, 2.75) is 316 Å². The highest BCUT2D eigenvalue weighted by molar-refractivity contribution is 5.71. The molecule has 6 nitrogen and oxygen atoms in total. The standard InChI is InChI=1S/C76H126O6/c1-4-7-10-13-16-19-22-24-26-28-30-32-33-34-35-36-37-38-39-40-41-42-43-45-46-48-50-52-54-57-60-63-66-69-75(78)81-72-73(71-80-74(77)68-65-62-59-56-21-18-15-12-9-6-3)82-76(79)70-67-64-61-58-55-53-51-49-47-44-31-29-27-25-23-20-17-14-11-8-5-2/h7-8,10-11,16-17,19-20,24-27,30-32,34-35,37-38,44,49,51,73H,4-6,9,12-15,18,21-23,28-29,33,36,39-43,45-48,50,52-72H2,1-3H3/b10-7-,11-8-,19-16-,20-17-,26-24-,27-25-,32-30-,35-34-,38-37-,44-31-,51-49-. The average Bonchev–Trinajstić information content (AvgIpc) is 3.48. The summed E-state index contributed by atoms with van der Waals surface area (Å²) >= 11 is 0. The lowest BCUT2D eigenvalue weighted by Gasteiger charge is -2.18. The summed E-state index contributed by atoms with van der Waals surface area (Å²) in [6.07, 6.45) is 97.6. The topological polar surface area (TPSA) is 78.9 Å². The third-order valence-electron chi connectivity index (χ3n) is 14.4. The molecule has 0 aromatic carbocycles. The summed E-state index contributed by atoms with van der Waals surface area (Å²) in [6, 6.07) is 0. The van der Waals surface area contributed by atoms with Crippen LogP contribution in [-0.2, 0) is 28.6 Å². The summed E-state index contributed by atoms with van der Waals surface area (Å²) in [6.45, 7) is 6.40. The Hall–Kier alpha value is -4.45. The van der Waals surface area contributed by atoms with E-state index >= 15 is 0 Å². The van der Waals surface area contributed by atoms with Crippen molar-refractivity contribution in [2.24, 2.45) is 0 Å². The maximum Gasteiger partial charge on any atom is 0.306 e. The van der Waals surface area contributed by atoms with Crippen LogP contribution in [0.1, 0.15) is 310 Å². The van der Waals surface area contributed by atoms with Gasteiger partial charge < -0.3 is 14.2 Å². The van der Waals surface area contributed by atoms with E-state index in [1.807, 2.05) is 0 Å². The molecule has 0 bridgehead atoms. The van der Waals surface area contributed by atoms with Gasteiger partial charge in [-0.2, -0.15) is 0 Å². The van der Waals surface area contributed by atoms with Crippen LogP contribution in [0.25, 0.3) is 0 Å². The van der Waals surface area contributed by atoms with Gasteiger partial charge in [-0.15, -0.1) is 0 Å². The van der Waals surface area contributed by atoms with Crippen LogP contribution in [-0.4, -0.2) is 37.2 Å². The zero-order valence-electron chi connectivity index (χ0n) is 53.5. The second kappa shape index (κ2) is 69.0. The molecule has 0 heterocycles. The van der Waals surface area contributed by atoms with E-state index in [-0.39, 0.29) is 31.1 Å². The summed E-state index contributed by atoms with van der Waals surface area (Å²) in [5, 5.41) is 0. The molecule has 0 amide bonds. The Balaban J connectivity index is 4.21. The van der Waals surface area contributed by atoms with Crippen LogP contribution < -0.4 is 0 Å². The van der Waals surface area contributed by atoms with Crippen molar-refractivity contribution in [1.29, 1.82) is 0 Å². The van der Waals surface area contributed by atoms with Crippen LogP contribution in [0.4, 0.5) is 0 Å². The molecular formula is C76H126O6. The van der Waals surface area contributed by atoms with Gasteiger partial charge in [0.25, 0.3) is 0 Å². The third kappa shape index (κ3) is 66.4. The summed E-state index contributed by atoms with van der Waals surface area (Å²) in [4.78, 5) is 38.3. The summed E-state index contributed by atoms with van der Waals surface area (Å²) in [7, 11) is 0. The highest BCUT2D eigenvalue weighted by Gasteiger charge is 2.19. The smallest absolute Gasteiger partial charge is 0.306 e. The highest BCUT2D eigenvalue weighted by Crippen LogP contribution is 2.16. The largest absolute Gasteiger partial charge is 0.462 e. The van der Waals surface area contributed by atoms with Gasteiger partial charge in [0.2, 0.25) is 0 Å². The molecule has 0 saturated heterocycles. The van der Waals surface area contributed by atoms with Crippen LogP contribution in [0.3, 0.4) is 0 Å². The monoisotopic (exact) mass is 1130 g/mol. The first-order valence-electron chi connectivity index (χ1n) is 34.2. The molecule has 0 fully saturated rings. The lowest BCUT2D eigenvalue weighted by molar-refractivity contribution is -0.167. The first-order chi connectivity index (χ1) is 40.5. The van der Waals surface area contributed by atoms with Crippen molar-refractivity contribution >= 4 is 17.9 Å². The molecule has 0 aromatic heterocycles. The summed E-state index contributed by atoms with van der Waals surface area (Å²) in [5.74, 6) is -0.900. The van der Waals surface area contributed by atoms with E-state index in [9.17, 15) is 14.4 Å². The number of rotatable bonds is 61. The Morgan fingerprint density at radius 2 is 0.476 bits per heavy atom. The molecule has 466 valence electrons. The predicted molar refractivity (Wildman–Crippen MR) is 357 cm³/mol. The third-order valence-corrected chi connectivity index (χ3v) is 14.4. The van der Waals surface area contributed by atoms with Gasteiger partial charge in [0.1, 0.15) is 13.2 Å². The van der Waals surface area contributed by atoms with Crippen LogP contribution in [0, 0.1) is 0 Å². The minimum atomic E-state index is -0.791. The maximum atomic E-state index is 12.9. The Morgan fingerprint density at radius 3 is 0.744 bits per heavy atom. The number of esters is 3. The quantitative estimate of drug-likeness (QED) is 0.0261. The van der Waals surface area contributed by atoms with Gasteiger partial charge in [0.15, 0.2) is 6.10 Å². The van der Waals surface area contributed by atoms with E-state index in [2.05, 4.69) is 154 Å². The number of carbonyl (C=O) groups excluding carboxylic acids is 3. The zero-order valence-corrected chi connectivity index (χ0v) is 53.5. The van der Waals surface area contributed by atoms with E-state index in [1.54, 1.807) is 0 Å². The van der Waals surface area contributed by atoms with E-state index in [0.29, 0.717) is 19.3 Å². The van der Waals surface area contributed by atoms with Gasteiger partial charge in [-0.25, -0.2) is 0 Å². The second-order valence-corrected chi connectivity index (χ2v) is 22.3. The van der Waals surface area contributed by atoms with Crippen LogP contribution in [0.15, 0.2) is 134 Å². The van der Waals surface area contributed by atoms with E-state index < -0.39 is 6.10 Å². The summed E-state index contributed by atoms with van der Waals surface area (Å²) < 4.78 is 16.9. The van der Waals surface area contributed by atoms with Gasteiger partial charge in [0.05, 0.1) is 0 Å². The van der Waals surface area contributed by atoms with E-state index in [0.717, 1.165) is 148 Å². The Bertz CT molecular complexity index is 1730. The van der Waals surface area contributed by atoms with Gasteiger partial charge in [-0.05, 0) is 116 Å². The number of hydrogen-bond acceptors (Lipinski definition) is 6. The van der Waals surface area contributed by atoms with Crippen molar-refractivity contribution in [1.82, 2.24) is 0 Å². The molecule has 0 spiro atoms. The fourth-order valence-electron chi connectivity index (χ4n) is 9.36. The van der Waals surface area contributed by atoms with Crippen molar-refractivity contribution in [3.05, 3.63) is 134 Å². The molecule has 0 aliphatic rings. The number of hydrogen-bond donors (Lipinski definition) is 0. The Kier molecular flexibility index (Phi) is 65.3. The first-order valence-corrected chi connectivity index (χ1v) is 34.2. The number of allylic oxidation sites excluding steroid dienone is 22. The first kappa shape index (κ1) is 77.5. The van der Waals surface area contributed by atoms with Gasteiger partial charge in [0, 0.05) is 19.3 Å². The van der Waals surface area contributed by atoms with Gasteiger partial charge in [-0.3, -0.25) is 14.4 Å². The Labute approximate surface area is 506 Å². The zero-order chi connectivity index (χ0) is 59.2. The fraction of sp³-hybridized carbons (Fsp3) is 0.671. The molecule has 0 aliphatic carbocycles. The minimum absolute atomic E-state index is 0.0856. The molecule has 0 aliphatic heterocycles. The number of carbonyl (C=O) groups is 3. The fourth-order valence-corrected chi connectivity index (χ4v) is 9.36. The Morgan fingerprint density at radius 1 is 0.256 bits per heavy atom. The molecule has 1 atom stereocenters. The predicted octanol–water partition coefficient (Wildman–Crippen LogP) is 23.7.